The van der Waals surface area contributed by atoms with E-state index in [0.29, 0.717) is 0 Å². The Balaban J connectivity index is 1.95. The van der Waals surface area contributed by atoms with Crippen LogP contribution in [0.4, 0.5) is 0 Å². The van der Waals surface area contributed by atoms with Crippen molar-refractivity contribution in [2.24, 2.45) is 11.8 Å². The molecule has 0 amide bonds. The average Bonchev–Trinajstić information content (AvgIpc) is 2.50. The Hall–Kier alpha value is -0.0400. The minimum absolute atomic E-state index is 0.891. The summed E-state index contributed by atoms with van der Waals surface area (Å²) in [6.07, 6.45) is 4.43. The first-order valence-corrected chi connectivity index (χ1v) is 3.97. The molecule has 0 aromatic rings. The van der Waals surface area contributed by atoms with E-state index in [9.17, 15) is 0 Å². The molecule has 1 N–H and O–H groups in total. The van der Waals surface area contributed by atoms with Gasteiger partial charge < -0.3 is 5.32 Å². The third-order valence-electron chi connectivity index (χ3n) is 1.99. The Morgan fingerprint density at radius 3 is 2.67 bits per heavy atom. The maximum Gasteiger partial charge on any atom is -0.00261 e. The molecule has 1 saturated carbocycles. The molecule has 1 fully saturated rings. The van der Waals surface area contributed by atoms with Gasteiger partial charge in [-0.3, -0.25) is 0 Å². The van der Waals surface area contributed by atoms with Crippen LogP contribution in [0.1, 0.15) is 26.2 Å². The zero-order chi connectivity index (χ0) is 6.69. The summed E-state index contributed by atoms with van der Waals surface area (Å²) in [5.74, 6) is 1.98. The van der Waals surface area contributed by atoms with Gasteiger partial charge in [-0.1, -0.05) is 19.8 Å². The summed E-state index contributed by atoms with van der Waals surface area (Å²) in [5, 5.41) is 3.20. The van der Waals surface area contributed by atoms with Crippen molar-refractivity contribution in [1.82, 2.24) is 5.32 Å². The van der Waals surface area contributed by atoms with Crippen LogP contribution in [-0.4, -0.2) is 13.6 Å². The molecule has 0 heterocycles. The first kappa shape index (κ1) is 7.07. The van der Waals surface area contributed by atoms with Crippen LogP contribution in [0, 0.1) is 11.8 Å². The highest BCUT2D eigenvalue weighted by molar-refractivity contribution is 4.75. The fraction of sp³-hybridized carbons (Fsp3) is 1.00. The summed E-state index contributed by atoms with van der Waals surface area (Å²) in [7, 11) is 2.03. The van der Waals surface area contributed by atoms with Gasteiger partial charge in [-0.2, -0.15) is 0 Å². The molecule has 0 aliphatic heterocycles. The van der Waals surface area contributed by atoms with Gasteiger partial charge in [0.05, 0.1) is 0 Å². The van der Waals surface area contributed by atoms with E-state index in [1.807, 2.05) is 7.05 Å². The van der Waals surface area contributed by atoms with E-state index in [2.05, 4.69) is 12.2 Å². The topological polar surface area (TPSA) is 12.0 Å². The van der Waals surface area contributed by atoms with Crippen LogP contribution in [-0.2, 0) is 0 Å². The summed E-state index contributed by atoms with van der Waals surface area (Å²) in [6, 6.07) is 0. The Labute approximate surface area is 57.8 Å². The van der Waals surface area contributed by atoms with E-state index < -0.39 is 0 Å². The SMILES string of the molecule is CNCC(C)CC1CC1. The maximum absolute atomic E-state index is 3.20. The highest BCUT2D eigenvalue weighted by Gasteiger charge is 2.22. The minimum Gasteiger partial charge on any atom is -0.319 e. The second kappa shape index (κ2) is 3.21. The van der Waals surface area contributed by atoms with Gasteiger partial charge in [-0.05, 0) is 31.8 Å². The number of nitrogens with one attached hydrogen (secondary N) is 1. The maximum atomic E-state index is 3.20. The molecular formula is C8H17N. The largest absolute Gasteiger partial charge is 0.319 e. The van der Waals surface area contributed by atoms with Crippen molar-refractivity contribution in [3.05, 3.63) is 0 Å². The second-order valence-electron chi connectivity index (χ2n) is 3.34. The summed E-state index contributed by atoms with van der Waals surface area (Å²) in [5.41, 5.74) is 0. The van der Waals surface area contributed by atoms with Crippen molar-refractivity contribution < 1.29 is 0 Å². The van der Waals surface area contributed by atoms with Gasteiger partial charge in [0.25, 0.3) is 0 Å². The van der Waals surface area contributed by atoms with Gasteiger partial charge in [-0.15, -0.1) is 0 Å². The lowest BCUT2D eigenvalue weighted by Gasteiger charge is -2.07. The van der Waals surface area contributed by atoms with E-state index in [1.165, 1.54) is 25.8 Å². The molecule has 1 aliphatic carbocycles. The number of hydrogen-bond acceptors (Lipinski definition) is 1. The molecule has 0 aromatic carbocycles. The predicted octanol–water partition coefficient (Wildman–Crippen LogP) is 1.64. The third kappa shape index (κ3) is 2.85. The fourth-order valence-electron chi connectivity index (χ4n) is 1.35. The lowest BCUT2D eigenvalue weighted by atomic mass is 10.1. The van der Waals surface area contributed by atoms with E-state index in [-0.39, 0.29) is 0 Å². The molecule has 1 heteroatoms. The number of rotatable bonds is 4. The van der Waals surface area contributed by atoms with Crippen LogP contribution in [0.2, 0.25) is 0 Å². The van der Waals surface area contributed by atoms with Crippen LogP contribution in [0.25, 0.3) is 0 Å². The lowest BCUT2D eigenvalue weighted by Crippen LogP contribution is -2.16. The van der Waals surface area contributed by atoms with Gasteiger partial charge in [0, 0.05) is 0 Å². The van der Waals surface area contributed by atoms with Crippen molar-refractivity contribution in [2.75, 3.05) is 13.6 Å². The molecule has 0 spiro atoms. The van der Waals surface area contributed by atoms with Crippen molar-refractivity contribution in [1.29, 1.82) is 0 Å². The Morgan fingerprint density at radius 1 is 1.56 bits per heavy atom. The highest BCUT2D eigenvalue weighted by atomic mass is 14.8. The quantitative estimate of drug-likeness (QED) is 0.605. The van der Waals surface area contributed by atoms with E-state index in [4.69, 9.17) is 0 Å². The molecule has 9 heavy (non-hydrogen) atoms. The molecule has 0 bridgehead atoms. The summed E-state index contributed by atoms with van der Waals surface area (Å²) in [6.45, 7) is 3.52. The first-order valence-electron chi connectivity index (χ1n) is 3.97. The van der Waals surface area contributed by atoms with E-state index in [1.54, 1.807) is 0 Å². The van der Waals surface area contributed by atoms with Crippen LogP contribution in [0.5, 0.6) is 0 Å². The molecule has 1 aliphatic rings. The van der Waals surface area contributed by atoms with Crippen molar-refractivity contribution in [3.8, 4) is 0 Å². The zero-order valence-corrected chi connectivity index (χ0v) is 6.48. The number of hydrogen-bond donors (Lipinski definition) is 1. The van der Waals surface area contributed by atoms with Gasteiger partial charge in [-0.25, -0.2) is 0 Å². The van der Waals surface area contributed by atoms with Crippen LogP contribution in [0.15, 0.2) is 0 Å². The highest BCUT2D eigenvalue weighted by Crippen LogP contribution is 2.34. The van der Waals surface area contributed by atoms with Gasteiger partial charge in [0.15, 0.2) is 0 Å². The third-order valence-corrected chi connectivity index (χ3v) is 1.99. The monoisotopic (exact) mass is 127 g/mol. The van der Waals surface area contributed by atoms with Crippen LogP contribution >= 0.6 is 0 Å². The van der Waals surface area contributed by atoms with Crippen molar-refractivity contribution in [3.63, 3.8) is 0 Å². The second-order valence-corrected chi connectivity index (χ2v) is 3.34. The van der Waals surface area contributed by atoms with Crippen LogP contribution < -0.4 is 5.32 Å². The normalized spacial score (nSPS) is 22.0. The average molecular weight is 127 g/mol. The molecule has 1 rings (SSSR count). The molecule has 0 aromatic heterocycles. The standard InChI is InChI=1S/C8H17N/c1-7(6-9-2)5-8-3-4-8/h7-9H,3-6H2,1-2H3. The Bertz CT molecular complexity index is 76.6. The minimum atomic E-state index is 0.891. The fourth-order valence-corrected chi connectivity index (χ4v) is 1.35. The molecule has 1 atom stereocenters. The van der Waals surface area contributed by atoms with Gasteiger partial charge >= 0.3 is 0 Å². The molecule has 1 unspecified atom stereocenters. The smallest absolute Gasteiger partial charge is 0.00261 e. The predicted molar refractivity (Wildman–Crippen MR) is 40.4 cm³/mol. The molecular weight excluding hydrogens is 110 g/mol. The van der Waals surface area contributed by atoms with E-state index in [0.717, 1.165) is 11.8 Å². The Kier molecular flexibility index (Phi) is 2.52. The summed E-state index contributed by atoms with van der Waals surface area (Å²) in [4.78, 5) is 0. The van der Waals surface area contributed by atoms with Crippen molar-refractivity contribution >= 4 is 0 Å². The summed E-state index contributed by atoms with van der Waals surface area (Å²) < 4.78 is 0. The lowest BCUT2D eigenvalue weighted by molar-refractivity contribution is 0.475. The molecule has 1 nitrogen and oxygen atoms in total. The molecule has 0 radical (unpaired) electrons. The van der Waals surface area contributed by atoms with Crippen molar-refractivity contribution in [2.45, 2.75) is 26.2 Å². The zero-order valence-electron chi connectivity index (χ0n) is 6.48. The van der Waals surface area contributed by atoms with Gasteiger partial charge in [0.1, 0.15) is 0 Å². The molecule has 0 saturated heterocycles. The Morgan fingerprint density at radius 2 is 2.22 bits per heavy atom. The molecule has 54 valence electrons. The van der Waals surface area contributed by atoms with Crippen LogP contribution in [0.3, 0.4) is 0 Å². The van der Waals surface area contributed by atoms with Gasteiger partial charge in [0.2, 0.25) is 0 Å². The van der Waals surface area contributed by atoms with E-state index >= 15 is 0 Å². The first-order chi connectivity index (χ1) is 4.33. The summed E-state index contributed by atoms with van der Waals surface area (Å²) >= 11 is 0.